The molecule has 0 aliphatic heterocycles. The van der Waals surface area contributed by atoms with E-state index in [1.807, 2.05) is 25.6 Å². The molecule has 0 bridgehead atoms. The van der Waals surface area contributed by atoms with Crippen molar-refractivity contribution in [1.29, 1.82) is 5.41 Å². The molecule has 0 saturated heterocycles. The molecule has 15 heavy (non-hydrogen) atoms. The van der Waals surface area contributed by atoms with Crippen molar-refractivity contribution in [3.8, 4) is 0 Å². The lowest BCUT2D eigenvalue weighted by atomic mass is 9.87. The van der Waals surface area contributed by atoms with Gasteiger partial charge in [0.1, 0.15) is 0 Å². The van der Waals surface area contributed by atoms with Crippen LogP contribution in [0.4, 0.5) is 0 Å². The number of nitrogens with one attached hydrogen (secondary N) is 1. The molecule has 0 atom stereocenters. The van der Waals surface area contributed by atoms with Crippen molar-refractivity contribution >= 4 is 17.6 Å². The lowest BCUT2D eigenvalue weighted by Gasteiger charge is -2.22. The van der Waals surface area contributed by atoms with Crippen LogP contribution in [0.1, 0.15) is 33.1 Å². The Morgan fingerprint density at radius 1 is 1.33 bits per heavy atom. The SMILES string of the molecule is COCCCSCCCC(C)(C)C(=N)N. The van der Waals surface area contributed by atoms with Crippen LogP contribution in [0.15, 0.2) is 0 Å². The predicted molar refractivity (Wildman–Crippen MR) is 68.7 cm³/mol. The van der Waals surface area contributed by atoms with Crippen molar-refractivity contribution < 1.29 is 4.74 Å². The van der Waals surface area contributed by atoms with Gasteiger partial charge in [-0.05, 0) is 30.8 Å². The Morgan fingerprint density at radius 3 is 2.47 bits per heavy atom. The second-order valence-corrected chi connectivity index (χ2v) is 5.58. The van der Waals surface area contributed by atoms with Gasteiger partial charge in [-0.3, -0.25) is 5.41 Å². The Hall–Kier alpha value is -0.220. The molecule has 0 heterocycles. The monoisotopic (exact) mass is 232 g/mol. The minimum absolute atomic E-state index is 0.132. The molecule has 0 fully saturated rings. The van der Waals surface area contributed by atoms with Crippen LogP contribution < -0.4 is 5.73 Å². The Kier molecular flexibility index (Phi) is 7.88. The van der Waals surface area contributed by atoms with Gasteiger partial charge in [-0.15, -0.1) is 0 Å². The van der Waals surface area contributed by atoms with E-state index in [1.165, 1.54) is 0 Å². The highest BCUT2D eigenvalue weighted by Gasteiger charge is 2.20. The van der Waals surface area contributed by atoms with Gasteiger partial charge in [0, 0.05) is 19.1 Å². The maximum Gasteiger partial charge on any atom is 0.0963 e. The minimum atomic E-state index is -0.132. The van der Waals surface area contributed by atoms with Gasteiger partial charge < -0.3 is 10.5 Å². The van der Waals surface area contributed by atoms with E-state index in [4.69, 9.17) is 15.9 Å². The quantitative estimate of drug-likeness (QED) is 0.365. The molecule has 3 nitrogen and oxygen atoms in total. The number of amidine groups is 1. The van der Waals surface area contributed by atoms with Crippen molar-refractivity contribution in [1.82, 2.24) is 0 Å². The molecular weight excluding hydrogens is 208 g/mol. The van der Waals surface area contributed by atoms with Gasteiger partial charge in [0.05, 0.1) is 5.84 Å². The summed E-state index contributed by atoms with van der Waals surface area (Å²) in [4.78, 5) is 0. The first-order chi connectivity index (χ1) is 7.00. The maximum atomic E-state index is 7.42. The van der Waals surface area contributed by atoms with Crippen LogP contribution in [-0.4, -0.2) is 31.1 Å². The molecule has 0 aliphatic carbocycles. The fourth-order valence-corrected chi connectivity index (χ4v) is 2.03. The van der Waals surface area contributed by atoms with Crippen LogP contribution >= 0.6 is 11.8 Å². The molecule has 0 unspecified atom stereocenters. The van der Waals surface area contributed by atoms with Gasteiger partial charge in [-0.25, -0.2) is 0 Å². The predicted octanol–water partition coefficient (Wildman–Crippen LogP) is 2.50. The van der Waals surface area contributed by atoms with Crippen molar-refractivity contribution in [2.75, 3.05) is 25.2 Å². The molecule has 0 rings (SSSR count). The molecule has 0 aromatic carbocycles. The van der Waals surface area contributed by atoms with E-state index in [9.17, 15) is 0 Å². The number of ether oxygens (including phenoxy) is 1. The highest BCUT2D eigenvalue weighted by Crippen LogP contribution is 2.22. The number of thioether (sulfide) groups is 1. The molecule has 0 amide bonds. The smallest absolute Gasteiger partial charge is 0.0963 e. The molecule has 4 heteroatoms. The van der Waals surface area contributed by atoms with Gasteiger partial charge in [0.25, 0.3) is 0 Å². The van der Waals surface area contributed by atoms with Crippen LogP contribution in [0.5, 0.6) is 0 Å². The van der Waals surface area contributed by atoms with Crippen LogP contribution in [0.3, 0.4) is 0 Å². The van der Waals surface area contributed by atoms with E-state index in [2.05, 4.69) is 0 Å². The van der Waals surface area contributed by atoms with E-state index in [0.29, 0.717) is 5.84 Å². The first kappa shape index (κ1) is 14.8. The van der Waals surface area contributed by atoms with Crippen LogP contribution in [0, 0.1) is 10.8 Å². The third kappa shape index (κ3) is 7.68. The Balaban J connectivity index is 3.35. The van der Waals surface area contributed by atoms with Crippen LogP contribution in [0.25, 0.3) is 0 Å². The van der Waals surface area contributed by atoms with Crippen LogP contribution in [0.2, 0.25) is 0 Å². The number of hydrogen-bond acceptors (Lipinski definition) is 3. The summed E-state index contributed by atoms with van der Waals surface area (Å²) in [6, 6.07) is 0. The topological polar surface area (TPSA) is 59.1 Å². The average Bonchev–Trinajstić information content (AvgIpc) is 2.16. The third-order valence-corrected chi connectivity index (χ3v) is 3.61. The van der Waals surface area contributed by atoms with Crippen LogP contribution in [-0.2, 0) is 4.74 Å². The summed E-state index contributed by atoms with van der Waals surface area (Å²) < 4.78 is 4.98. The summed E-state index contributed by atoms with van der Waals surface area (Å²) in [5, 5.41) is 7.42. The number of nitrogens with two attached hydrogens (primary N) is 1. The molecule has 0 aromatic rings. The molecule has 0 spiro atoms. The van der Waals surface area contributed by atoms with Gasteiger partial charge in [-0.1, -0.05) is 13.8 Å². The number of methoxy groups -OCH3 is 1. The largest absolute Gasteiger partial charge is 0.387 e. The van der Waals surface area contributed by atoms with Gasteiger partial charge in [0.2, 0.25) is 0 Å². The van der Waals surface area contributed by atoms with Crippen molar-refractivity contribution in [3.05, 3.63) is 0 Å². The summed E-state index contributed by atoms with van der Waals surface area (Å²) in [5.41, 5.74) is 5.38. The Morgan fingerprint density at radius 2 is 1.93 bits per heavy atom. The van der Waals surface area contributed by atoms with E-state index >= 15 is 0 Å². The number of hydrogen-bond donors (Lipinski definition) is 2. The summed E-state index contributed by atoms with van der Waals surface area (Å²) in [6.45, 7) is 4.92. The second-order valence-electron chi connectivity index (χ2n) is 4.36. The van der Waals surface area contributed by atoms with Gasteiger partial charge in [0.15, 0.2) is 0 Å². The zero-order chi connectivity index (χ0) is 11.7. The Bertz CT molecular complexity index is 183. The lowest BCUT2D eigenvalue weighted by molar-refractivity contribution is 0.200. The third-order valence-electron chi connectivity index (χ3n) is 2.46. The fraction of sp³-hybridized carbons (Fsp3) is 0.909. The normalized spacial score (nSPS) is 11.7. The zero-order valence-corrected chi connectivity index (χ0v) is 11.0. The Labute approximate surface area is 97.7 Å². The first-order valence-electron chi connectivity index (χ1n) is 5.42. The molecule has 90 valence electrons. The van der Waals surface area contributed by atoms with E-state index in [1.54, 1.807) is 7.11 Å². The first-order valence-corrected chi connectivity index (χ1v) is 6.57. The summed E-state index contributed by atoms with van der Waals surface area (Å²) in [7, 11) is 1.74. The highest BCUT2D eigenvalue weighted by molar-refractivity contribution is 7.99. The van der Waals surface area contributed by atoms with Gasteiger partial charge in [-0.2, -0.15) is 11.8 Å². The van der Waals surface area contributed by atoms with Gasteiger partial charge >= 0.3 is 0 Å². The fourth-order valence-electron chi connectivity index (χ4n) is 1.16. The van der Waals surface area contributed by atoms with E-state index in [-0.39, 0.29) is 5.41 Å². The lowest BCUT2D eigenvalue weighted by Crippen LogP contribution is -2.30. The molecule has 3 N–H and O–H groups in total. The summed E-state index contributed by atoms with van der Waals surface area (Å²) >= 11 is 1.95. The summed E-state index contributed by atoms with van der Waals surface area (Å²) in [5.74, 6) is 2.61. The van der Waals surface area contributed by atoms with Crippen molar-refractivity contribution in [2.24, 2.45) is 11.1 Å². The van der Waals surface area contributed by atoms with Crippen molar-refractivity contribution in [3.63, 3.8) is 0 Å². The zero-order valence-electron chi connectivity index (χ0n) is 10.1. The highest BCUT2D eigenvalue weighted by atomic mass is 32.2. The molecule has 0 aromatic heterocycles. The minimum Gasteiger partial charge on any atom is -0.387 e. The molecule has 0 radical (unpaired) electrons. The van der Waals surface area contributed by atoms with E-state index < -0.39 is 0 Å². The van der Waals surface area contributed by atoms with Crippen molar-refractivity contribution in [2.45, 2.75) is 33.1 Å². The molecular formula is C11H24N2OS. The summed E-state index contributed by atoms with van der Waals surface area (Å²) in [6.07, 6.45) is 3.25. The van der Waals surface area contributed by atoms with E-state index in [0.717, 1.165) is 37.4 Å². The molecule has 0 aliphatic rings. The maximum absolute atomic E-state index is 7.42. The standard InChI is InChI=1S/C11H24N2OS/c1-11(2,10(12)13)6-4-8-15-9-5-7-14-3/h4-9H2,1-3H3,(H3,12,13). The molecule has 0 saturated carbocycles. The number of rotatable bonds is 9. The average molecular weight is 232 g/mol. The second kappa shape index (κ2) is 7.99.